The molecule has 0 bridgehead atoms. The summed E-state index contributed by atoms with van der Waals surface area (Å²) in [6, 6.07) is 4.53. The van der Waals surface area contributed by atoms with Crippen LogP contribution in [0, 0.1) is 0 Å². The van der Waals surface area contributed by atoms with Crippen LogP contribution in [-0.4, -0.2) is 32.1 Å². The predicted molar refractivity (Wildman–Crippen MR) is 66.9 cm³/mol. The lowest BCUT2D eigenvalue weighted by Gasteiger charge is -2.31. The second-order valence-electron chi connectivity index (χ2n) is 4.67. The van der Waals surface area contributed by atoms with Gasteiger partial charge in [-0.05, 0) is 51.1 Å². The zero-order valence-electron chi connectivity index (χ0n) is 10.3. The SMILES string of the molecule is COc1ccc(N)c2c1C[C@@H](N(C)C)CC2. The molecule has 1 aliphatic rings. The van der Waals surface area contributed by atoms with E-state index < -0.39 is 0 Å². The third-order valence-corrected chi connectivity index (χ3v) is 3.54. The van der Waals surface area contributed by atoms with E-state index >= 15 is 0 Å². The smallest absolute Gasteiger partial charge is 0.122 e. The van der Waals surface area contributed by atoms with Gasteiger partial charge in [0.05, 0.1) is 7.11 Å². The highest BCUT2D eigenvalue weighted by molar-refractivity contribution is 5.57. The Balaban J connectivity index is 2.38. The van der Waals surface area contributed by atoms with E-state index in [0.717, 1.165) is 24.3 Å². The second-order valence-corrected chi connectivity index (χ2v) is 4.67. The van der Waals surface area contributed by atoms with Gasteiger partial charge in [0, 0.05) is 17.3 Å². The fraction of sp³-hybridized carbons (Fsp3) is 0.538. The first-order valence-electron chi connectivity index (χ1n) is 5.74. The van der Waals surface area contributed by atoms with Crippen LogP contribution in [0.25, 0.3) is 0 Å². The Labute approximate surface area is 97.2 Å². The van der Waals surface area contributed by atoms with E-state index in [2.05, 4.69) is 19.0 Å². The maximum Gasteiger partial charge on any atom is 0.122 e. The molecule has 0 spiro atoms. The van der Waals surface area contributed by atoms with Gasteiger partial charge in [0.15, 0.2) is 0 Å². The minimum Gasteiger partial charge on any atom is -0.496 e. The van der Waals surface area contributed by atoms with E-state index in [0.29, 0.717) is 6.04 Å². The molecule has 0 fully saturated rings. The number of nitrogen functional groups attached to an aromatic ring is 1. The van der Waals surface area contributed by atoms with Crippen molar-refractivity contribution in [2.45, 2.75) is 25.3 Å². The monoisotopic (exact) mass is 220 g/mol. The molecule has 88 valence electrons. The molecule has 0 unspecified atom stereocenters. The minimum absolute atomic E-state index is 0.600. The van der Waals surface area contributed by atoms with Gasteiger partial charge in [-0.25, -0.2) is 0 Å². The standard InChI is InChI=1S/C13H20N2O/c1-15(2)9-4-5-10-11(8-9)13(16-3)7-6-12(10)14/h6-7,9H,4-5,8,14H2,1-3H3/t9-/m0/s1. The van der Waals surface area contributed by atoms with Crippen LogP contribution in [-0.2, 0) is 12.8 Å². The molecule has 16 heavy (non-hydrogen) atoms. The quantitative estimate of drug-likeness (QED) is 0.771. The molecule has 0 amide bonds. The number of nitrogens with two attached hydrogens (primary N) is 1. The second kappa shape index (κ2) is 4.34. The molecular weight excluding hydrogens is 200 g/mol. The first-order chi connectivity index (χ1) is 7.63. The van der Waals surface area contributed by atoms with Crippen molar-refractivity contribution in [2.24, 2.45) is 0 Å². The third kappa shape index (κ3) is 1.87. The van der Waals surface area contributed by atoms with E-state index in [1.807, 2.05) is 12.1 Å². The molecule has 1 atom stereocenters. The predicted octanol–water partition coefficient (Wildman–Crippen LogP) is 1.70. The molecule has 3 nitrogen and oxygen atoms in total. The first kappa shape index (κ1) is 11.3. The van der Waals surface area contributed by atoms with Gasteiger partial charge in [0.25, 0.3) is 0 Å². The summed E-state index contributed by atoms with van der Waals surface area (Å²) in [6.45, 7) is 0. The van der Waals surface area contributed by atoms with Crippen LogP contribution in [0.4, 0.5) is 5.69 Å². The topological polar surface area (TPSA) is 38.5 Å². The molecule has 0 saturated heterocycles. The van der Waals surface area contributed by atoms with Crippen LogP contribution in [0.1, 0.15) is 17.5 Å². The van der Waals surface area contributed by atoms with Crippen molar-refractivity contribution >= 4 is 5.69 Å². The lowest BCUT2D eigenvalue weighted by Crippen LogP contribution is -2.34. The summed E-state index contributed by atoms with van der Waals surface area (Å²) < 4.78 is 5.42. The van der Waals surface area contributed by atoms with Crippen LogP contribution in [0.2, 0.25) is 0 Å². The van der Waals surface area contributed by atoms with Gasteiger partial charge in [0.1, 0.15) is 5.75 Å². The zero-order valence-corrected chi connectivity index (χ0v) is 10.3. The van der Waals surface area contributed by atoms with Gasteiger partial charge < -0.3 is 15.4 Å². The number of ether oxygens (including phenoxy) is 1. The Bertz CT molecular complexity index is 388. The average molecular weight is 220 g/mol. The van der Waals surface area contributed by atoms with Crippen LogP contribution in [0.3, 0.4) is 0 Å². The molecule has 0 heterocycles. The largest absolute Gasteiger partial charge is 0.496 e. The van der Waals surface area contributed by atoms with E-state index in [1.54, 1.807) is 7.11 Å². The van der Waals surface area contributed by atoms with Gasteiger partial charge in [-0.1, -0.05) is 0 Å². The maximum atomic E-state index is 6.02. The van der Waals surface area contributed by atoms with Gasteiger partial charge in [-0.2, -0.15) is 0 Å². The minimum atomic E-state index is 0.600. The molecular formula is C13H20N2O. The van der Waals surface area contributed by atoms with Gasteiger partial charge >= 0.3 is 0 Å². The van der Waals surface area contributed by atoms with E-state index in [4.69, 9.17) is 10.5 Å². The number of methoxy groups -OCH3 is 1. The summed E-state index contributed by atoms with van der Waals surface area (Å²) in [5.74, 6) is 0.982. The van der Waals surface area contributed by atoms with Crippen molar-refractivity contribution in [3.05, 3.63) is 23.3 Å². The van der Waals surface area contributed by atoms with Crippen LogP contribution in [0.5, 0.6) is 5.75 Å². The lowest BCUT2D eigenvalue weighted by molar-refractivity contribution is 0.265. The highest BCUT2D eigenvalue weighted by Crippen LogP contribution is 2.34. The molecule has 2 rings (SSSR count). The Kier molecular flexibility index (Phi) is 3.06. The van der Waals surface area contributed by atoms with Crippen LogP contribution >= 0.6 is 0 Å². The molecule has 0 aliphatic heterocycles. The summed E-state index contributed by atoms with van der Waals surface area (Å²) in [5.41, 5.74) is 9.52. The summed E-state index contributed by atoms with van der Waals surface area (Å²) in [4.78, 5) is 2.28. The summed E-state index contributed by atoms with van der Waals surface area (Å²) in [5, 5.41) is 0. The molecule has 1 aliphatic carbocycles. The highest BCUT2D eigenvalue weighted by atomic mass is 16.5. The van der Waals surface area contributed by atoms with Crippen molar-refractivity contribution < 1.29 is 4.74 Å². The van der Waals surface area contributed by atoms with Crippen molar-refractivity contribution in [2.75, 3.05) is 26.9 Å². The Morgan fingerprint density at radius 2 is 2.06 bits per heavy atom. The maximum absolute atomic E-state index is 6.02. The van der Waals surface area contributed by atoms with Gasteiger partial charge in [0.2, 0.25) is 0 Å². The van der Waals surface area contributed by atoms with E-state index in [9.17, 15) is 0 Å². The molecule has 0 aromatic heterocycles. The number of benzene rings is 1. The Morgan fingerprint density at radius 1 is 1.31 bits per heavy atom. The Hall–Kier alpha value is -1.22. The van der Waals surface area contributed by atoms with Crippen LogP contribution < -0.4 is 10.5 Å². The lowest BCUT2D eigenvalue weighted by atomic mass is 9.86. The number of fused-ring (bicyclic) bond motifs is 1. The summed E-state index contributed by atoms with van der Waals surface area (Å²) >= 11 is 0. The number of hydrogen-bond acceptors (Lipinski definition) is 3. The molecule has 1 aromatic carbocycles. The highest BCUT2D eigenvalue weighted by Gasteiger charge is 2.24. The van der Waals surface area contributed by atoms with Crippen molar-refractivity contribution in [1.29, 1.82) is 0 Å². The van der Waals surface area contributed by atoms with E-state index in [-0.39, 0.29) is 0 Å². The number of hydrogen-bond donors (Lipinski definition) is 1. The Morgan fingerprint density at radius 3 is 2.69 bits per heavy atom. The summed E-state index contributed by atoms with van der Waals surface area (Å²) in [7, 11) is 5.99. The summed E-state index contributed by atoms with van der Waals surface area (Å²) in [6.07, 6.45) is 3.27. The average Bonchev–Trinajstić information content (AvgIpc) is 2.29. The normalized spacial score (nSPS) is 19.6. The number of likely N-dealkylation sites (N-methyl/N-ethyl adjacent to an activating group) is 1. The van der Waals surface area contributed by atoms with Crippen LogP contribution in [0.15, 0.2) is 12.1 Å². The molecule has 1 aromatic rings. The van der Waals surface area contributed by atoms with Gasteiger partial charge in [-0.15, -0.1) is 0 Å². The third-order valence-electron chi connectivity index (χ3n) is 3.54. The number of nitrogens with zero attached hydrogens (tertiary/aromatic N) is 1. The number of rotatable bonds is 2. The molecule has 0 radical (unpaired) electrons. The fourth-order valence-electron chi connectivity index (χ4n) is 2.49. The van der Waals surface area contributed by atoms with Crippen molar-refractivity contribution in [3.8, 4) is 5.75 Å². The fourth-order valence-corrected chi connectivity index (χ4v) is 2.49. The zero-order chi connectivity index (χ0) is 11.7. The van der Waals surface area contributed by atoms with Crippen molar-refractivity contribution in [3.63, 3.8) is 0 Å². The van der Waals surface area contributed by atoms with Gasteiger partial charge in [-0.3, -0.25) is 0 Å². The molecule has 2 N–H and O–H groups in total. The van der Waals surface area contributed by atoms with E-state index in [1.165, 1.54) is 17.5 Å². The number of anilines is 1. The molecule has 0 saturated carbocycles. The van der Waals surface area contributed by atoms with Crippen molar-refractivity contribution in [1.82, 2.24) is 4.90 Å². The molecule has 3 heteroatoms. The first-order valence-corrected chi connectivity index (χ1v) is 5.74.